The maximum Gasteiger partial charge on any atom is 0.269 e. The standard InChI is InChI=1S/C19H12Cl2N2O5S/c20-12-5-10-18(16(11-12)19(24)15-3-1-2-4-17(15)21)22-29(27,28)14-8-6-13(7-9-14)23(25)26/h1-11,22H. The van der Waals surface area contributed by atoms with E-state index < -0.39 is 20.7 Å². The van der Waals surface area contributed by atoms with Gasteiger partial charge in [0.05, 0.1) is 20.5 Å². The molecule has 10 heteroatoms. The van der Waals surface area contributed by atoms with Crippen molar-refractivity contribution < 1.29 is 18.1 Å². The van der Waals surface area contributed by atoms with E-state index in [1.54, 1.807) is 18.2 Å². The molecule has 0 unspecified atom stereocenters. The van der Waals surface area contributed by atoms with Crippen LogP contribution in [0.4, 0.5) is 11.4 Å². The van der Waals surface area contributed by atoms with Gasteiger partial charge in [0, 0.05) is 28.3 Å². The number of sulfonamides is 1. The zero-order valence-electron chi connectivity index (χ0n) is 14.5. The number of rotatable bonds is 6. The maximum atomic E-state index is 12.9. The minimum absolute atomic E-state index is 0.00216. The van der Waals surface area contributed by atoms with E-state index in [0.717, 1.165) is 24.3 Å². The summed E-state index contributed by atoms with van der Waals surface area (Å²) in [6, 6.07) is 14.8. The Bertz CT molecular complexity index is 1210. The number of hydrogen-bond donors (Lipinski definition) is 1. The van der Waals surface area contributed by atoms with Gasteiger partial charge in [-0.25, -0.2) is 8.42 Å². The van der Waals surface area contributed by atoms with Crippen LogP contribution in [-0.2, 0) is 10.0 Å². The predicted octanol–water partition coefficient (Wildman–Crippen LogP) is 4.93. The summed E-state index contributed by atoms with van der Waals surface area (Å²) in [5, 5.41) is 11.2. The number of nitro benzene ring substituents is 1. The van der Waals surface area contributed by atoms with Gasteiger partial charge in [0.2, 0.25) is 0 Å². The van der Waals surface area contributed by atoms with Crippen molar-refractivity contribution in [2.45, 2.75) is 4.90 Å². The van der Waals surface area contributed by atoms with Gasteiger partial charge in [0.1, 0.15) is 0 Å². The van der Waals surface area contributed by atoms with Crippen molar-refractivity contribution in [3.05, 3.63) is 98.0 Å². The first-order valence-electron chi connectivity index (χ1n) is 8.05. The first kappa shape index (κ1) is 20.8. The second kappa shape index (κ2) is 8.20. The normalized spacial score (nSPS) is 11.1. The first-order valence-corrected chi connectivity index (χ1v) is 10.3. The molecule has 0 atom stereocenters. The average molecular weight is 451 g/mol. The first-order chi connectivity index (χ1) is 13.7. The van der Waals surface area contributed by atoms with Crippen LogP contribution in [0.5, 0.6) is 0 Å². The smallest absolute Gasteiger partial charge is 0.269 e. The van der Waals surface area contributed by atoms with Crippen LogP contribution in [0.3, 0.4) is 0 Å². The second-order valence-corrected chi connectivity index (χ2v) is 8.38. The van der Waals surface area contributed by atoms with E-state index in [1.807, 2.05) is 0 Å². The highest BCUT2D eigenvalue weighted by molar-refractivity contribution is 7.92. The minimum atomic E-state index is -4.12. The molecular formula is C19H12Cl2N2O5S. The molecule has 0 aliphatic rings. The lowest BCUT2D eigenvalue weighted by Crippen LogP contribution is -2.16. The summed E-state index contributed by atoms with van der Waals surface area (Å²) < 4.78 is 27.7. The zero-order chi connectivity index (χ0) is 21.2. The lowest BCUT2D eigenvalue weighted by Gasteiger charge is -2.13. The topological polar surface area (TPSA) is 106 Å². The predicted molar refractivity (Wildman–Crippen MR) is 110 cm³/mol. The molecule has 0 fully saturated rings. The van der Waals surface area contributed by atoms with Gasteiger partial charge in [0.15, 0.2) is 5.78 Å². The summed E-state index contributed by atoms with van der Waals surface area (Å²) in [6.45, 7) is 0. The molecule has 0 bridgehead atoms. The van der Waals surface area contributed by atoms with E-state index in [-0.39, 0.29) is 37.4 Å². The molecule has 3 aromatic rings. The van der Waals surface area contributed by atoms with Gasteiger partial charge in [-0.2, -0.15) is 0 Å². The SMILES string of the molecule is O=C(c1ccccc1Cl)c1cc(Cl)ccc1NS(=O)(=O)c1ccc([N+](=O)[O-])cc1. The van der Waals surface area contributed by atoms with Crippen LogP contribution in [0, 0.1) is 10.1 Å². The Labute approximate surface area is 176 Å². The number of nitrogens with one attached hydrogen (secondary N) is 1. The van der Waals surface area contributed by atoms with Crippen molar-refractivity contribution in [3.8, 4) is 0 Å². The molecule has 1 N–H and O–H groups in total. The van der Waals surface area contributed by atoms with E-state index in [1.165, 1.54) is 24.3 Å². The summed E-state index contributed by atoms with van der Waals surface area (Å²) in [5.74, 6) is -0.514. The molecule has 3 rings (SSSR count). The van der Waals surface area contributed by atoms with Crippen molar-refractivity contribution in [1.29, 1.82) is 0 Å². The summed E-state index contributed by atoms with van der Waals surface area (Å²) in [4.78, 5) is 22.8. The van der Waals surface area contributed by atoms with Gasteiger partial charge >= 0.3 is 0 Å². The van der Waals surface area contributed by atoms with Gasteiger partial charge < -0.3 is 0 Å². The number of non-ortho nitro benzene ring substituents is 1. The summed E-state index contributed by atoms with van der Waals surface area (Å²) in [6.07, 6.45) is 0. The molecule has 0 radical (unpaired) electrons. The number of nitro groups is 1. The minimum Gasteiger partial charge on any atom is -0.288 e. The summed E-state index contributed by atoms with van der Waals surface area (Å²) >= 11 is 12.1. The highest BCUT2D eigenvalue weighted by atomic mass is 35.5. The third-order valence-electron chi connectivity index (χ3n) is 3.95. The lowest BCUT2D eigenvalue weighted by atomic mass is 10.0. The highest BCUT2D eigenvalue weighted by Gasteiger charge is 2.22. The fourth-order valence-corrected chi connectivity index (χ4v) is 4.01. The number of nitrogens with zero attached hydrogens (tertiary/aromatic N) is 1. The van der Waals surface area contributed by atoms with Gasteiger partial charge in [-0.3, -0.25) is 19.6 Å². The molecular weight excluding hydrogens is 439 g/mol. The van der Waals surface area contributed by atoms with Crippen LogP contribution in [0.2, 0.25) is 10.0 Å². The number of anilines is 1. The molecule has 0 amide bonds. The van der Waals surface area contributed by atoms with Gasteiger partial charge in [0.25, 0.3) is 15.7 Å². The van der Waals surface area contributed by atoms with Crippen LogP contribution in [-0.4, -0.2) is 19.1 Å². The number of benzene rings is 3. The third-order valence-corrected chi connectivity index (χ3v) is 5.89. The maximum absolute atomic E-state index is 12.9. The van der Waals surface area contributed by atoms with Crippen LogP contribution in [0.25, 0.3) is 0 Å². The zero-order valence-corrected chi connectivity index (χ0v) is 16.8. The molecule has 0 spiro atoms. The van der Waals surface area contributed by atoms with E-state index in [0.29, 0.717) is 0 Å². The van der Waals surface area contributed by atoms with Gasteiger partial charge in [-0.1, -0.05) is 35.3 Å². The Morgan fingerprint density at radius 1 is 0.931 bits per heavy atom. The van der Waals surface area contributed by atoms with Crippen molar-refractivity contribution in [2.75, 3.05) is 4.72 Å². The Kier molecular flexibility index (Phi) is 5.88. The molecule has 0 aromatic heterocycles. The van der Waals surface area contributed by atoms with Crippen molar-refractivity contribution in [2.24, 2.45) is 0 Å². The van der Waals surface area contributed by atoms with E-state index in [4.69, 9.17) is 23.2 Å². The van der Waals surface area contributed by atoms with Crippen molar-refractivity contribution >= 4 is 50.4 Å². The second-order valence-electron chi connectivity index (χ2n) is 5.86. The molecule has 0 saturated heterocycles. The summed E-state index contributed by atoms with van der Waals surface area (Å²) in [7, 11) is -4.12. The Morgan fingerprint density at radius 2 is 1.59 bits per heavy atom. The van der Waals surface area contributed by atoms with Gasteiger partial charge in [-0.15, -0.1) is 0 Å². The molecule has 7 nitrogen and oxygen atoms in total. The van der Waals surface area contributed by atoms with E-state index in [9.17, 15) is 23.3 Å². The Balaban J connectivity index is 2.00. The lowest BCUT2D eigenvalue weighted by molar-refractivity contribution is -0.384. The molecule has 0 aliphatic heterocycles. The van der Waals surface area contributed by atoms with Crippen LogP contribution < -0.4 is 4.72 Å². The van der Waals surface area contributed by atoms with Gasteiger partial charge in [-0.05, 0) is 42.5 Å². The van der Waals surface area contributed by atoms with E-state index >= 15 is 0 Å². The number of halogens is 2. The number of carbonyl (C=O) groups excluding carboxylic acids is 1. The molecule has 3 aromatic carbocycles. The molecule has 0 heterocycles. The Hall–Kier alpha value is -2.94. The fourth-order valence-electron chi connectivity index (χ4n) is 2.53. The van der Waals surface area contributed by atoms with Crippen LogP contribution in [0.1, 0.15) is 15.9 Å². The third kappa shape index (κ3) is 4.56. The Morgan fingerprint density at radius 3 is 2.21 bits per heavy atom. The average Bonchev–Trinajstić information content (AvgIpc) is 2.69. The highest BCUT2D eigenvalue weighted by Crippen LogP contribution is 2.28. The molecule has 0 aliphatic carbocycles. The molecule has 0 saturated carbocycles. The molecule has 148 valence electrons. The van der Waals surface area contributed by atoms with Crippen molar-refractivity contribution in [3.63, 3.8) is 0 Å². The fraction of sp³-hybridized carbons (Fsp3) is 0. The van der Waals surface area contributed by atoms with Crippen molar-refractivity contribution in [1.82, 2.24) is 0 Å². The summed E-state index contributed by atoms with van der Waals surface area (Å²) in [5.41, 5.74) is -0.0500. The number of ketones is 1. The molecule has 29 heavy (non-hydrogen) atoms. The number of carbonyl (C=O) groups is 1. The van der Waals surface area contributed by atoms with Crippen LogP contribution >= 0.6 is 23.2 Å². The monoisotopic (exact) mass is 450 g/mol. The largest absolute Gasteiger partial charge is 0.288 e. The number of hydrogen-bond acceptors (Lipinski definition) is 5. The van der Waals surface area contributed by atoms with Crippen LogP contribution in [0.15, 0.2) is 71.6 Å². The quantitative estimate of drug-likeness (QED) is 0.325. The van der Waals surface area contributed by atoms with E-state index in [2.05, 4.69) is 4.72 Å².